The molecule has 0 aromatic rings. The van der Waals surface area contributed by atoms with Crippen LogP contribution in [0, 0.1) is 11.8 Å². The quantitative estimate of drug-likeness (QED) is 0.729. The zero-order valence-corrected chi connectivity index (χ0v) is 10.2. The first-order valence-electron chi connectivity index (χ1n) is 6.69. The zero-order chi connectivity index (χ0) is 10.7. The summed E-state index contributed by atoms with van der Waals surface area (Å²) in [6.45, 7) is 6.95. The van der Waals surface area contributed by atoms with E-state index < -0.39 is 0 Å². The van der Waals surface area contributed by atoms with E-state index in [9.17, 15) is 0 Å². The van der Waals surface area contributed by atoms with Crippen LogP contribution in [0.1, 0.15) is 46.0 Å². The Hall–Kier alpha value is -0.0800. The Morgan fingerprint density at radius 2 is 2.07 bits per heavy atom. The van der Waals surface area contributed by atoms with Crippen molar-refractivity contribution in [3.8, 4) is 0 Å². The second-order valence-electron chi connectivity index (χ2n) is 5.21. The van der Waals surface area contributed by atoms with Gasteiger partial charge >= 0.3 is 0 Å². The van der Waals surface area contributed by atoms with Crippen molar-refractivity contribution in [3.63, 3.8) is 0 Å². The summed E-state index contributed by atoms with van der Waals surface area (Å²) in [4.78, 5) is 0. The molecule has 0 saturated carbocycles. The van der Waals surface area contributed by atoms with E-state index in [1.807, 2.05) is 0 Å². The van der Waals surface area contributed by atoms with Crippen LogP contribution in [0.3, 0.4) is 0 Å². The highest BCUT2D eigenvalue weighted by atomic mass is 16.5. The van der Waals surface area contributed by atoms with Crippen LogP contribution >= 0.6 is 0 Å². The van der Waals surface area contributed by atoms with Crippen LogP contribution in [0.5, 0.6) is 0 Å². The molecule has 2 nitrogen and oxygen atoms in total. The summed E-state index contributed by atoms with van der Waals surface area (Å²) in [6.07, 6.45) is 7.73. The number of ether oxygens (including phenoxy) is 1. The lowest BCUT2D eigenvalue weighted by Crippen LogP contribution is -2.32. The van der Waals surface area contributed by atoms with Gasteiger partial charge in [-0.05, 0) is 31.7 Å². The van der Waals surface area contributed by atoms with E-state index in [1.165, 1.54) is 45.2 Å². The second kappa shape index (κ2) is 5.31. The standard InChI is InChI=1S/C13H25NO/c1-3-10(4-2)8-14-9-11-7-12-5-6-13(11)15-12/h10-14H,3-9H2,1-2H3. The fourth-order valence-electron chi connectivity index (χ4n) is 3.01. The first kappa shape index (κ1) is 11.4. The molecule has 2 aliphatic rings. The fourth-order valence-corrected chi connectivity index (χ4v) is 3.01. The Bertz CT molecular complexity index is 191. The number of nitrogens with one attached hydrogen (secondary N) is 1. The van der Waals surface area contributed by atoms with Crippen molar-refractivity contribution in [3.05, 3.63) is 0 Å². The molecule has 2 heteroatoms. The molecule has 1 N–H and O–H groups in total. The van der Waals surface area contributed by atoms with Gasteiger partial charge in [0, 0.05) is 12.5 Å². The second-order valence-corrected chi connectivity index (χ2v) is 5.21. The van der Waals surface area contributed by atoms with Gasteiger partial charge < -0.3 is 10.1 Å². The molecule has 2 fully saturated rings. The molecule has 0 spiro atoms. The van der Waals surface area contributed by atoms with Crippen LogP contribution < -0.4 is 5.32 Å². The van der Waals surface area contributed by atoms with Crippen molar-refractivity contribution in [2.24, 2.45) is 11.8 Å². The highest BCUT2D eigenvalue weighted by Crippen LogP contribution is 2.38. The van der Waals surface area contributed by atoms with Crippen LogP contribution in [0.15, 0.2) is 0 Å². The number of hydrogen-bond donors (Lipinski definition) is 1. The van der Waals surface area contributed by atoms with Gasteiger partial charge in [-0.15, -0.1) is 0 Å². The van der Waals surface area contributed by atoms with E-state index in [2.05, 4.69) is 19.2 Å². The Labute approximate surface area is 93.8 Å². The maximum atomic E-state index is 5.86. The molecule has 88 valence electrons. The molecule has 2 heterocycles. The van der Waals surface area contributed by atoms with Crippen LogP contribution in [0.25, 0.3) is 0 Å². The van der Waals surface area contributed by atoms with E-state index in [1.54, 1.807) is 0 Å². The van der Waals surface area contributed by atoms with E-state index in [0.717, 1.165) is 11.8 Å². The van der Waals surface area contributed by atoms with Crippen molar-refractivity contribution < 1.29 is 4.74 Å². The predicted octanol–water partition coefficient (Wildman–Crippen LogP) is 2.58. The maximum absolute atomic E-state index is 5.86. The Morgan fingerprint density at radius 1 is 1.27 bits per heavy atom. The first-order valence-corrected chi connectivity index (χ1v) is 6.69. The Morgan fingerprint density at radius 3 is 2.60 bits per heavy atom. The minimum atomic E-state index is 0.587. The molecule has 0 aliphatic carbocycles. The van der Waals surface area contributed by atoms with Crippen molar-refractivity contribution >= 4 is 0 Å². The van der Waals surface area contributed by atoms with Crippen LogP contribution in [0.2, 0.25) is 0 Å². The minimum absolute atomic E-state index is 0.587. The summed E-state index contributed by atoms with van der Waals surface area (Å²) in [5, 5.41) is 3.63. The van der Waals surface area contributed by atoms with Gasteiger partial charge in [-0.2, -0.15) is 0 Å². The van der Waals surface area contributed by atoms with E-state index >= 15 is 0 Å². The summed E-state index contributed by atoms with van der Waals surface area (Å²) in [5.41, 5.74) is 0. The lowest BCUT2D eigenvalue weighted by atomic mass is 9.89. The first-order chi connectivity index (χ1) is 7.33. The summed E-state index contributed by atoms with van der Waals surface area (Å²) in [7, 11) is 0. The highest BCUT2D eigenvalue weighted by molar-refractivity contribution is 4.90. The molecule has 0 radical (unpaired) electrons. The third-order valence-electron chi connectivity index (χ3n) is 4.23. The minimum Gasteiger partial charge on any atom is -0.375 e. The molecule has 15 heavy (non-hydrogen) atoms. The molecule has 2 aliphatic heterocycles. The smallest absolute Gasteiger partial charge is 0.0621 e. The third kappa shape index (κ3) is 2.73. The molecule has 0 amide bonds. The summed E-state index contributed by atoms with van der Waals surface area (Å²) in [6, 6.07) is 0. The molecular formula is C13H25NO. The summed E-state index contributed by atoms with van der Waals surface area (Å²) >= 11 is 0. The average molecular weight is 211 g/mol. The molecule has 2 bridgehead atoms. The van der Waals surface area contributed by atoms with Gasteiger partial charge in [-0.3, -0.25) is 0 Å². The third-order valence-corrected chi connectivity index (χ3v) is 4.23. The normalized spacial score (nSPS) is 34.2. The SMILES string of the molecule is CCC(CC)CNCC1CC2CCC1O2. The lowest BCUT2D eigenvalue weighted by molar-refractivity contribution is 0.0922. The molecular weight excluding hydrogens is 186 g/mol. The molecule has 2 saturated heterocycles. The number of rotatable bonds is 6. The van der Waals surface area contributed by atoms with Gasteiger partial charge in [-0.25, -0.2) is 0 Å². The van der Waals surface area contributed by atoms with Gasteiger partial charge in [0.15, 0.2) is 0 Å². The monoisotopic (exact) mass is 211 g/mol. The lowest BCUT2D eigenvalue weighted by Gasteiger charge is -2.20. The van der Waals surface area contributed by atoms with Crippen LogP contribution in [0.4, 0.5) is 0 Å². The molecule has 2 rings (SSSR count). The van der Waals surface area contributed by atoms with Crippen LogP contribution in [-0.2, 0) is 4.74 Å². The highest BCUT2D eigenvalue weighted by Gasteiger charge is 2.40. The Kier molecular flexibility index (Phi) is 4.04. The molecule has 0 aromatic carbocycles. The number of fused-ring (bicyclic) bond motifs is 2. The summed E-state index contributed by atoms with van der Waals surface area (Å²) < 4.78 is 5.86. The van der Waals surface area contributed by atoms with Crippen molar-refractivity contribution in [2.75, 3.05) is 13.1 Å². The maximum Gasteiger partial charge on any atom is 0.0621 e. The fraction of sp³-hybridized carbons (Fsp3) is 1.00. The molecule has 3 atom stereocenters. The van der Waals surface area contributed by atoms with Gasteiger partial charge in [-0.1, -0.05) is 26.7 Å². The number of hydrogen-bond acceptors (Lipinski definition) is 2. The van der Waals surface area contributed by atoms with E-state index in [0.29, 0.717) is 12.2 Å². The largest absolute Gasteiger partial charge is 0.375 e. The van der Waals surface area contributed by atoms with Crippen molar-refractivity contribution in [2.45, 2.75) is 58.2 Å². The van der Waals surface area contributed by atoms with Crippen LogP contribution in [-0.4, -0.2) is 25.3 Å². The molecule has 0 aromatic heterocycles. The Balaban J connectivity index is 1.62. The zero-order valence-electron chi connectivity index (χ0n) is 10.2. The van der Waals surface area contributed by atoms with E-state index in [4.69, 9.17) is 4.74 Å². The average Bonchev–Trinajstić information content (AvgIpc) is 2.86. The predicted molar refractivity (Wildman–Crippen MR) is 62.9 cm³/mol. The van der Waals surface area contributed by atoms with Crippen molar-refractivity contribution in [1.29, 1.82) is 0 Å². The van der Waals surface area contributed by atoms with Crippen molar-refractivity contribution in [1.82, 2.24) is 5.32 Å². The molecule has 3 unspecified atom stereocenters. The van der Waals surface area contributed by atoms with Gasteiger partial charge in [0.1, 0.15) is 0 Å². The summed E-state index contributed by atoms with van der Waals surface area (Å²) in [5.74, 6) is 1.67. The van der Waals surface area contributed by atoms with Gasteiger partial charge in [0.05, 0.1) is 12.2 Å². The van der Waals surface area contributed by atoms with Gasteiger partial charge in [0.2, 0.25) is 0 Å². The van der Waals surface area contributed by atoms with Gasteiger partial charge in [0.25, 0.3) is 0 Å². The van der Waals surface area contributed by atoms with E-state index in [-0.39, 0.29) is 0 Å². The topological polar surface area (TPSA) is 21.3 Å².